The number of hydrogen-bond acceptors (Lipinski definition) is 3. The van der Waals surface area contributed by atoms with Gasteiger partial charge in [0, 0.05) is 33.0 Å². The molecule has 0 atom stereocenters. The summed E-state index contributed by atoms with van der Waals surface area (Å²) in [6, 6.07) is 0. The summed E-state index contributed by atoms with van der Waals surface area (Å²) in [6.45, 7) is 7.77. The second-order valence-electron chi connectivity index (χ2n) is 5.43. The Morgan fingerprint density at radius 3 is 2.32 bits per heavy atom. The number of amides is 2. The van der Waals surface area contributed by atoms with E-state index in [-0.39, 0.29) is 29.6 Å². The number of halogens is 1. The number of nitrogens with two attached hydrogens (primary N) is 1. The van der Waals surface area contributed by atoms with Gasteiger partial charge in [-0.25, -0.2) is 0 Å². The van der Waals surface area contributed by atoms with Crippen LogP contribution in [-0.2, 0) is 9.59 Å². The number of carbonyl (C=O) groups is 2. The van der Waals surface area contributed by atoms with E-state index < -0.39 is 0 Å². The van der Waals surface area contributed by atoms with Gasteiger partial charge in [-0.15, -0.1) is 12.4 Å². The summed E-state index contributed by atoms with van der Waals surface area (Å²) in [4.78, 5) is 24.7. The Morgan fingerprint density at radius 1 is 1.26 bits per heavy atom. The number of carbonyl (C=O) groups excluding carboxylic acids is 2. The van der Waals surface area contributed by atoms with Crippen LogP contribution in [0.4, 0.5) is 0 Å². The minimum atomic E-state index is -0.0655. The van der Waals surface area contributed by atoms with Crippen LogP contribution >= 0.6 is 12.4 Å². The minimum Gasteiger partial charge on any atom is -0.356 e. The lowest BCUT2D eigenvalue weighted by atomic mass is 9.93. The summed E-state index contributed by atoms with van der Waals surface area (Å²) in [5, 5.41) is 2.72. The predicted octanol–water partition coefficient (Wildman–Crippen LogP) is 1.16. The summed E-state index contributed by atoms with van der Waals surface area (Å²) in [7, 11) is 1.78. The van der Waals surface area contributed by atoms with Crippen LogP contribution in [0.1, 0.15) is 40.0 Å². The van der Waals surface area contributed by atoms with Gasteiger partial charge in [-0.05, 0) is 25.3 Å². The first-order chi connectivity index (χ1) is 8.32. The normalized spacial score (nSPS) is 10.6. The molecule has 3 N–H and O–H groups in total. The molecule has 0 unspecified atom stereocenters. The molecule has 0 fully saturated rings. The van der Waals surface area contributed by atoms with E-state index in [1.54, 1.807) is 11.9 Å². The zero-order valence-electron chi connectivity index (χ0n) is 12.5. The number of rotatable bonds is 8. The van der Waals surface area contributed by atoms with Crippen molar-refractivity contribution in [3.8, 4) is 0 Å². The van der Waals surface area contributed by atoms with Gasteiger partial charge in [0.1, 0.15) is 0 Å². The third-order valence-electron chi connectivity index (χ3n) is 2.81. The SMILES string of the molecule is CCNC(=O)CCCC(=O)N(C)CC(C)(C)CN.Cl. The van der Waals surface area contributed by atoms with Crippen LogP contribution in [0.15, 0.2) is 0 Å². The van der Waals surface area contributed by atoms with Crippen molar-refractivity contribution < 1.29 is 9.59 Å². The Morgan fingerprint density at radius 2 is 1.84 bits per heavy atom. The van der Waals surface area contributed by atoms with E-state index >= 15 is 0 Å². The topological polar surface area (TPSA) is 75.4 Å². The van der Waals surface area contributed by atoms with Gasteiger partial charge in [0.05, 0.1) is 0 Å². The highest BCUT2D eigenvalue weighted by Gasteiger charge is 2.20. The fourth-order valence-electron chi connectivity index (χ4n) is 1.67. The molecule has 0 aliphatic heterocycles. The fourth-order valence-corrected chi connectivity index (χ4v) is 1.67. The Kier molecular flexibility index (Phi) is 10.8. The Hall–Kier alpha value is -0.810. The first-order valence-corrected chi connectivity index (χ1v) is 6.53. The molecule has 0 aliphatic rings. The molecule has 5 nitrogen and oxygen atoms in total. The zero-order chi connectivity index (χ0) is 14.2. The second kappa shape index (κ2) is 10.0. The number of nitrogens with zero attached hydrogens (tertiary/aromatic N) is 1. The van der Waals surface area contributed by atoms with E-state index in [0.717, 1.165) is 0 Å². The van der Waals surface area contributed by atoms with Gasteiger partial charge >= 0.3 is 0 Å². The van der Waals surface area contributed by atoms with Gasteiger partial charge in [-0.1, -0.05) is 13.8 Å². The molecule has 0 aromatic rings. The van der Waals surface area contributed by atoms with Crippen molar-refractivity contribution in [2.75, 3.05) is 26.7 Å². The van der Waals surface area contributed by atoms with Gasteiger partial charge in [-0.2, -0.15) is 0 Å². The maximum Gasteiger partial charge on any atom is 0.222 e. The minimum absolute atomic E-state index is 0. The van der Waals surface area contributed by atoms with Crippen LogP contribution in [0.3, 0.4) is 0 Å². The quantitative estimate of drug-likeness (QED) is 0.705. The van der Waals surface area contributed by atoms with Crippen molar-refractivity contribution in [2.24, 2.45) is 11.1 Å². The molecule has 0 radical (unpaired) electrons. The third-order valence-corrected chi connectivity index (χ3v) is 2.81. The molecule has 0 bridgehead atoms. The monoisotopic (exact) mass is 293 g/mol. The zero-order valence-corrected chi connectivity index (χ0v) is 13.3. The van der Waals surface area contributed by atoms with Crippen LogP contribution in [0.2, 0.25) is 0 Å². The molecule has 6 heteroatoms. The van der Waals surface area contributed by atoms with E-state index in [1.165, 1.54) is 0 Å². The van der Waals surface area contributed by atoms with Crippen molar-refractivity contribution in [3.63, 3.8) is 0 Å². The molecular weight excluding hydrogens is 266 g/mol. The summed E-state index contributed by atoms with van der Waals surface area (Å²) in [6.07, 6.45) is 1.42. The number of hydrogen-bond donors (Lipinski definition) is 2. The Bertz CT molecular complexity index is 283. The lowest BCUT2D eigenvalue weighted by molar-refractivity contribution is -0.131. The molecule has 0 saturated heterocycles. The second-order valence-corrected chi connectivity index (χ2v) is 5.43. The van der Waals surface area contributed by atoms with E-state index in [2.05, 4.69) is 5.32 Å². The molecule has 0 saturated carbocycles. The molecule has 19 heavy (non-hydrogen) atoms. The van der Waals surface area contributed by atoms with Gasteiger partial charge in [0.25, 0.3) is 0 Å². The Balaban J connectivity index is 0. The Labute approximate surface area is 122 Å². The number of nitrogens with one attached hydrogen (secondary N) is 1. The van der Waals surface area contributed by atoms with Crippen molar-refractivity contribution in [1.82, 2.24) is 10.2 Å². The van der Waals surface area contributed by atoms with Crippen molar-refractivity contribution >= 4 is 24.2 Å². The van der Waals surface area contributed by atoms with Crippen LogP contribution < -0.4 is 11.1 Å². The first kappa shape index (κ1) is 20.5. The maximum atomic E-state index is 11.8. The van der Waals surface area contributed by atoms with Gasteiger partial charge in [0.15, 0.2) is 0 Å². The van der Waals surface area contributed by atoms with E-state index in [0.29, 0.717) is 38.9 Å². The van der Waals surface area contributed by atoms with Crippen molar-refractivity contribution in [2.45, 2.75) is 40.0 Å². The fraction of sp³-hybridized carbons (Fsp3) is 0.846. The largest absolute Gasteiger partial charge is 0.356 e. The third kappa shape index (κ3) is 9.73. The summed E-state index contributed by atoms with van der Waals surface area (Å²) in [5.41, 5.74) is 5.57. The highest BCUT2D eigenvalue weighted by atomic mass is 35.5. The molecule has 0 aliphatic carbocycles. The van der Waals surface area contributed by atoms with Crippen LogP contribution in [0.5, 0.6) is 0 Å². The average molecular weight is 294 g/mol. The lowest BCUT2D eigenvalue weighted by Crippen LogP contribution is -2.39. The van der Waals surface area contributed by atoms with E-state index in [9.17, 15) is 9.59 Å². The lowest BCUT2D eigenvalue weighted by Gasteiger charge is -2.29. The molecule has 0 aromatic heterocycles. The van der Waals surface area contributed by atoms with Crippen LogP contribution in [0, 0.1) is 5.41 Å². The molecule has 0 spiro atoms. The molecule has 0 aromatic carbocycles. The van der Waals surface area contributed by atoms with Crippen LogP contribution in [-0.4, -0.2) is 43.4 Å². The van der Waals surface area contributed by atoms with Gasteiger partial charge in [0.2, 0.25) is 11.8 Å². The first-order valence-electron chi connectivity index (χ1n) is 6.53. The summed E-state index contributed by atoms with van der Waals surface area (Å²) in [5.74, 6) is 0.0797. The molecule has 114 valence electrons. The molecule has 0 heterocycles. The van der Waals surface area contributed by atoms with Crippen molar-refractivity contribution in [1.29, 1.82) is 0 Å². The standard InChI is InChI=1S/C13H27N3O2.ClH/c1-5-15-11(17)7-6-8-12(18)16(4)10-13(2,3)9-14;/h5-10,14H2,1-4H3,(H,15,17);1H. The molecular formula is C13H28ClN3O2. The van der Waals surface area contributed by atoms with E-state index in [4.69, 9.17) is 5.73 Å². The van der Waals surface area contributed by atoms with Gasteiger partial charge in [-0.3, -0.25) is 9.59 Å². The smallest absolute Gasteiger partial charge is 0.222 e. The predicted molar refractivity (Wildman–Crippen MR) is 80.3 cm³/mol. The summed E-state index contributed by atoms with van der Waals surface area (Å²) < 4.78 is 0. The average Bonchev–Trinajstić information content (AvgIpc) is 2.28. The summed E-state index contributed by atoms with van der Waals surface area (Å²) >= 11 is 0. The molecule has 0 rings (SSSR count). The molecule has 2 amide bonds. The van der Waals surface area contributed by atoms with Crippen LogP contribution in [0.25, 0.3) is 0 Å². The van der Waals surface area contributed by atoms with Gasteiger partial charge < -0.3 is 16.0 Å². The maximum absolute atomic E-state index is 11.8. The van der Waals surface area contributed by atoms with E-state index in [1.807, 2.05) is 20.8 Å². The highest BCUT2D eigenvalue weighted by molar-refractivity contribution is 5.85. The highest BCUT2D eigenvalue weighted by Crippen LogP contribution is 2.14. The van der Waals surface area contributed by atoms with Crippen molar-refractivity contribution in [3.05, 3.63) is 0 Å².